The van der Waals surface area contributed by atoms with Gasteiger partial charge in [-0.05, 0) is 35.7 Å². The van der Waals surface area contributed by atoms with Crippen LogP contribution < -0.4 is 0 Å². The topological polar surface area (TPSA) is 20.2 Å². The Labute approximate surface area is 105 Å². The number of rotatable bonds is 3. The van der Waals surface area contributed by atoms with Crippen LogP contribution in [0.15, 0.2) is 42.5 Å². The molecule has 1 atom stereocenters. The van der Waals surface area contributed by atoms with Crippen molar-refractivity contribution in [2.24, 2.45) is 0 Å². The molecule has 18 heavy (non-hydrogen) atoms. The summed E-state index contributed by atoms with van der Waals surface area (Å²) in [6, 6.07) is 10.7. The van der Waals surface area contributed by atoms with Crippen LogP contribution in [-0.4, -0.2) is 5.11 Å². The van der Waals surface area contributed by atoms with E-state index in [0.717, 1.165) is 17.2 Å². The molecular formula is C15H14F2O. The van der Waals surface area contributed by atoms with Crippen LogP contribution in [0, 0.1) is 18.6 Å². The lowest BCUT2D eigenvalue weighted by molar-refractivity contribution is 0.177. The summed E-state index contributed by atoms with van der Waals surface area (Å²) in [7, 11) is 0. The van der Waals surface area contributed by atoms with Gasteiger partial charge in [0.15, 0.2) is 0 Å². The van der Waals surface area contributed by atoms with Crippen LogP contribution in [0.2, 0.25) is 0 Å². The van der Waals surface area contributed by atoms with Crippen molar-refractivity contribution in [1.29, 1.82) is 0 Å². The van der Waals surface area contributed by atoms with Crippen molar-refractivity contribution >= 4 is 0 Å². The van der Waals surface area contributed by atoms with E-state index in [9.17, 15) is 13.9 Å². The average Bonchev–Trinajstić information content (AvgIpc) is 2.27. The summed E-state index contributed by atoms with van der Waals surface area (Å²) in [5, 5.41) is 10.1. The molecule has 0 heterocycles. The summed E-state index contributed by atoms with van der Waals surface area (Å²) in [4.78, 5) is 0. The molecule has 0 spiro atoms. The molecule has 0 aliphatic rings. The fraction of sp³-hybridized carbons (Fsp3) is 0.200. The van der Waals surface area contributed by atoms with Crippen LogP contribution >= 0.6 is 0 Å². The third-order valence-electron chi connectivity index (χ3n) is 2.90. The summed E-state index contributed by atoms with van der Waals surface area (Å²) in [6.45, 7) is 1.89. The minimum atomic E-state index is -0.757. The molecule has 0 amide bonds. The fourth-order valence-corrected chi connectivity index (χ4v) is 2.02. The van der Waals surface area contributed by atoms with Gasteiger partial charge in [-0.15, -0.1) is 0 Å². The van der Waals surface area contributed by atoms with E-state index >= 15 is 0 Å². The van der Waals surface area contributed by atoms with Crippen molar-refractivity contribution in [3.8, 4) is 0 Å². The molecule has 0 saturated carbocycles. The number of aliphatic hydroxyl groups is 1. The van der Waals surface area contributed by atoms with Crippen molar-refractivity contribution in [2.45, 2.75) is 19.4 Å². The summed E-state index contributed by atoms with van der Waals surface area (Å²) in [6.07, 6.45) is -0.563. The number of aliphatic hydroxyl groups excluding tert-OH is 1. The molecule has 0 aromatic heterocycles. The van der Waals surface area contributed by atoms with Gasteiger partial charge in [-0.25, -0.2) is 8.78 Å². The highest BCUT2D eigenvalue weighted by Crippen LogP contribution is 2.22. The molecule has 2 rings (SSSR count). The Morgan fingerprint density at radius 3 is 2.28 bits per heavy atom. The van der Waals surface area contributed by atoms with E-state index < -0.39 is 17.7 Å². The standard InChI is InChI=1S/C15H14F2O/c1-10-4-2-3-5-14(10)15(18)8-11-6-12(16)9-13(17)7-11/h2-7,9,15,18H,8H2,1H3. The van der Waals surface area contributed by atoms with Crippen LogP contribution in [0.25, 0.3) is 0 Å². The summed E-state index contributed by atoms with van der Waals surface area (Å²) >= 11 is 0. The predicted molar refractivity (Wildman–Crippen MR) is 66.2 cm³/mol. The first-order valence-electron chi connectivity index (χ1n) is 5.75. The average molecular weight is 248 g/mol. The molecule has 1 nitrogen and oxygen atoms in total. The van der Waals surface area contributed by atoms with E-state index in [-0.39, 0.29) is 6.42 Å². The molecule has 1 N–H and O–H groups in total. The number of hydrogen-bond donors (Lipinski definition) is 1. The van der Waals surface area contributed by atoms with Crippen molar-refractivity contribution in [2.75, 3.05) is 0 Å². The number of halogens is 2. The molecule has 94 valence electrons. The van der Waals surface area contributed by atoms with Gasteiger partial charge in [0.1, 0.15) is 11.6 Å². The minimum absolute atomic E-state index is 0.194. The van der Waals surface area contributed by atoms with Crippen LogP contribution in [-0.2, 0) is 6.42 Å². The number of aryl methyl sites for hydroxylation is 1. The van der Waals surface area contributed by atoms with E-state index in [0.29, 0.717) is 5.56 Å². The van der Waals surface area contributed by atoms with Gasteiger partial charge in [-0.1, -0.05) is 24.3 Å². The first-order chi connectivity index (χ1) is 8.56. The first kappa shape index (κ1) is 12.7. The molecule has 2 aromatic rings. The highest BCUT2D eigenvalue weighted by molar-refractivity contribution is 5.29. The highest BCUT2D eigenvalue weighted by atomic mass is 19.1. The van der Waals surface area contributed by atoms with E-state index in [4.69, 9.17) is 0 Å². The van der Waals surface area contributed by atoms with Crippen LogP contribution in [0.3, 0.4) is 0 Å². The maximum absolute atomic E-state index is 13.0. The molecular weight excluding hydrogens is 234 g/mol. The Balaban J connectivity index is 2.21. The molecule has 0 radical (unpaired) electrons. The second-order valence-electron chi connectivity index (χ2n) is 4.35. The predicted octanol–water partition coefficient (Wildman–Crippen LogP) is 3.55. The molecule has 3 heteroatoms. The Bertz CT molecular complexity index is 532. The van der Waals surface area contributed by atoms with Crippen LogP contribution in [0.4, 0.5) is 8.78 Å². The first-order valence-corrected chi connectivity index (χ1v) is 5.75. The molecule has 2 aromatic carbocycles. The third-order valence-corrected chi connectivity index (χ3v) is 2.90. The second kappa shape index (κ2) is 5.27. The molecule has 0 bridgehead atoms. The fourth-order valence-electron chi connectivity index (χ4n) is 2.02. The monoisotopic (exact) mass is 248 g/mol. The van der Waals surface area contributed by atoms with Crippen molar-refractivity contribution in [1.82, 2.24) is 0 Å². The molecule has 1 unspecified atom stereocenters. The third kappa shape index (κ3) is 2.93. The molecule has 0 aliphatic carbocycles. The lowest BCUT2D eigenvalue weighted by Crippen LogP contribution is -2.04. The minimum Gasteiger partial charge on any atom is -0.388 e. The summed E-state index contributed by atoms with van der Waals surface area (Å²) < 4.78 is 26.1. The van der Waals surface area contributed by atoms with Gasteiger partial charge in [-0.2, -0.15) is 0 Å². The van der Waals surface area contributed by atoms with Crippen LogP contribution in [0.5, 0.6) is 0 Å². The van der Waals surface area contributed by atoms with E-state index in [2.05, 4.69) is 0 Å². The summed E-state index contributed by atoms with van der Waals surface area (Å²) in [5.74, 6) is -1.25. The van der Waals surface area contributed by atoms with Gasteiger partial charge in [0.25, 0.3) is 0 Å². The number of benzene rings is 2. The smallest absolute Gasteiger partial charge is 0.126 e. The van der Waals surface area contributed by atoms with Gasteiger partial charge in [-0.3, -0.25) is 0 Å². The van der Waals surface area contributed by atoms with Crippen molar-refractivity contribution < 1.29 is 13.9 Å². The lowest BCUT2D eigenvalue weighted by atomic mass is 9.98. The Hall–Kier alpha value is -1.74. The second-order valence-corrected chi connectivity index (χ2v) is 4.35. The zero-order valence-electron chi connectivity index (χ0n) is 10.0. The molecule has 0 saturated heterocycles. The van der Waals surface area contributed by atoms with Gasteiger partial charge in [0.2, 0.25) is 0 Å². The highest BCUT2D eigenvalue weighted by Gasteiger charge is 2.12. The van der Waals surface area contributed by atoms with Gasteiger partial charge >= 0.3 is 0 Å². The normalized spacial score (nSPS) is 12.4. The SMILES string of the molecule is Cc1ccccc1C(O)Cc1cc(F)cc(F)c1. The quantitative estimate of drug-likeness (QED) is 0.880. The van der Waals surface area contributed by atoms with Gasteiger partial charge in [0, 0.05) is 12.5 Å². The van der Waals surface area contributed by atoms with E-state index in [1.165, 1.54) is 12.1 Å². The Morgan fingerprint density at radius 1 is 1.06 bits per heavy atom. The number of hydrogen-bond acceptors (Lipinski definition) is 1. The van der Waals surface area contributed by atoms with E-state index in [1.807, 2.05) is 31.2 Å². The van der Waals surface area contributed by atoms with Crippen LogP contribution in [0.1, 0.15) is 22.8 Å². The summed E-state index contributed by atoms with van der Waals surface area (Å²) in [5.41, 5.74) is 2.19. The largest absolute Gasteiger partial charge is 0.388 e. The molecule has 0 aliphatic heterocycles. The van der Waals surface area contributed by atoms with E-state index in [1.54, 1.807) is 0 Å². The van der Waals surface area contributed by atoms with Gasteiger partial charge < -0.3 is 5.11 Å². The zero-order valence-corrected chi connectivity index (χ0v) is 10.0. The lowest BCUT2D eigenvalue weighted by Gasteiger charge is -2.13. The van der Waals surface area contributed by atoms with Crippen molar-refractivity contribution in [3.05, 3.63) is 70.8 Å². The molecule has 0 fully saturated rings. The zero-order chi connectivity index (χ0) is 13.1. The maximum Gasteiger partial charge on any atom is 0.126 e. The maximum atomic E-state index is 13.0. The Kier molecular flexibility index (Phi) is 3.72. The van der Waals surface area contributed by atoms with Gasteiger partial charge in [0.05, 0.1) is 6.10 Å². The Morgan fingerprint density at radius 2 is 1.67 bits per heavy atom. The van der Waals surface area contributed by atoms with Crippen molar-refractivity contribution in [3.63, 3.8) is 0 Å².